The van der Waals surface area contributed by atoms with Gasteiger partial charge in [-0.15, -0.1) is 0 Å². The number of methoxy groups -OCH3 is 3. The maximum atomic E-state index is 12.7. The zero-order valence-corrected chi connectivity index (χ0v) is 16.6. The van der Waals surface area contributed by atoms with Gasteiger partial charge < -0.3 is 19.5 Å². The van der Waals surface area contributed by atoms with Crippen LogP contribution in [0.5, 0.6) is 17.2 Å². The second-order valence-electron chi connectivity index (χ2n) is 6.25. The Morgan fingerprint density at radius 1 is 0.929 bits per heavy atom. The Morgan fingerprint density at radius 3 is 2.25 bits per heavy atom. The highest BCUT2D eigenvalue weighted by molar-refractivity contribution is 6.03. The number of ether oxygens (including phenoxy) is 3. The third-order valence-corrected chi connectivity index (χ3v) is 4.44. The van der Waals surface area contributed by atoms with Crippen LogP contribution in [0.4, 0.5) is 5.69 Å². The summed E-state index contributed by atoms with van der Waals surface area (Å²) in [6, 6.07) is 12.8. The van der Waals surface area contributed by atoms with Crippen molar-refractivity contribution in [2.24, 2.45) is 7.05 Å². The molecule has 28 heavy (non-hydrogen) atoms. The highest BCUT2D eigenvalue weighted by atomic mass is 16.5. The summed E-state index contributed by atoms with van der Waals surface area (Å²) in [6.45, 7) is 1.98. The van der Waals surface area contributed by atoms with Crippen LogP contribution in [0.2, 0.25) is 0 Å². The van der Waals surface area contributed by atoms with E-state index in [-0.39, 0.29) is 5.91 Å². The van der Waals surface area contributed by atoms with Crippen molar-refractivity contribution in [1.29, 1.82) is 0 Å². The summed E-state index contributed by atoms with van der Waals surface area (Å²) >= 11 is 0. The third kappa shape index (κ3) is 3.78. The first-order valence-electron chi connectivity index (χ1n) is 8.69. The van der Waals surface area contributed by atoms with Crippen LogP contribution in [0.3, 0.4) is 0 Å². The van der Waals surface area contributed by atoms with Crippen LogP contribution in [0, 0.1) is 6.92 Å². The van der Waals surface area contributed by atoms with Crippen molar-refractivity contribution in [1.82, 2.24) is 9.78 Å². The van der Waals surface area contributed by atoms with Crippen molar-refractivity contribution in [3.8, 4) is 28.5 Å². The normalized spacial score (nSPS) is 10.5. The number of aryl methyl sites for hydroxylation is 2. The van der Waals surface area contributed by atoms with E-state index < -0.39 is 0 Å². The van der Waals surface area contributed by atoms with Gasteiger partial charge in [-0.2, -0.15) is 5.10 Å². The van der Waals surface area contributed by atoms with Crippen LogP contribution >= 0.6 is 0 Å². The lowest BCUT2D eigenvalue weighted by Crippen LogP contribution is -2.13. The molecule has 1 heterocycles. The summed E-state index contributed by atoms with van der Waals surface area (Å²) in [5.74, 6) is 1.64. The number of nitrogens with one attached hydrogen (secondary N) is 1. The van der Waals surface area contributed by atoms with E-state index in [0.29, 0.717) is 22.9 Å². The molecule has 0 unspecified atom stereocenters. The van der Waals surface area contributed by atoms with Crippen molar-refractivity contribution < 1.29 is 19.0 Å². The molecule has 3 aromatic rings. The van der Waals surface area contributed by atoms with Gasteiger partial charge in [-0.1, -0.05) is 0 Å². The van der Waals surface area contributed by atoms with Gasteiger partial charge in [0.15, 0.2) is 17.2 Å². The fraction of sp³-hybridized carbons (Fsp3) is 0.238. The lowest BCUT2D eigenvalue weighted by molar-refractivity contribution is 0.102. The Labute approximate surface area is 163 Å². The number of hydrogen-bond acceptors (Lipinski definition) is 5. The van der Waals surface area contributed by atoms with Crippen molar-refractivity contribution in [3.63, 3.8) is 0 Å². The van der Waals surface area contributed by atoms with E-state index in [1.54, 1.807) is 50.3 Å². The number of nitrogens with zero attached hydrogens (tertiary/aromatic N) is 2. The number of hydrogen-bond donors (Lipinski definition) is 1. The molecule has 3 rings (SSSR count). The van der Waals surface area contributed by atoms with Crippen LogP contribution in [-0.4, -0.2) is 37.0 Å². The van der Waals surface area contributed by atoms with Crippen LogP contribution in [0.15, 0.2) is 42.5 Å². The van der Waals surface area contributed by atoms with E-state index in [4.69, 9.17) is 14.2 Å². The molecule has 7 heteroatoms. The average Bonchev–Trinajstić information content (AvgIpc) is 3.09. The zero-order valence-electron chi connectivity index (χ0n) is 16.6. The molecule has 1 aromatic heterocycles. The lowest BCUT2D eigenvalue weighted by Gasteiger charge is -2.09. The SMILES string of the molecule is COc1ccc(-c2cc(C(=O)Nc3ccc(OC)c(OC)c3)nn2C)cc1C. The number of benzene rings is 2. The maximum absolute atomic E-state index is 12.7. The van der Waals surface area contributed by atoms with Gasteiger partial charge in [0.1, 0.15) is 5.75 Å². The number of rotatable bonds is 6. The molecule has 0 saturated heterocycles. The number of anilines is 1. The van der Waals surface area contributed by atoms with E-state index >= 15 is 0 Å². The molecule has 0 aliphatic heterocycles. The van der Waals surface area contributed by atoms with Crippen LogP contribution in [0.25, 0.3) is 11.3 Å². The van der Waals surface area contributed by atoms with Crippen molar-refractivity contribution in [2.75, 3.05) is 26.6 Å². The predicted molar refractivity (Wildman–Crippen MR) is 107 cm³/mol. The second-order valence-corrected chi connectivity index (χ2v) is 6.25. The van der Waals surface area contributed by atoms with Gasteiger partial charge in [0.2, 0.25) is 0 Å². The summed E-state index contributed by atoms with van der Waals surface area (Å²) < 4.78 is 17.5. The quantitative estimate of drug-likeness (QED) is 0.705. The minimum atomic E-state index is -0.306. The zero-order chi connectivity index (χ0) is 20.3. The Balaban J connectivity index is 1.84. The number of amides is 1. The smallest absolute Gasteiger partial charge is 0.276 e. The highest BCUT2D eigenvalue weighted by Crippen LogP contribution is 2.30. The summed E-state index contributed by atoms with van der Waals surface area (Å²) in [6.07, 6.45) is 0. The molecule has 0 aliphatic carbocycles. The molecular weight excluding hydrogens is 358 g/mol. The average molecular weight is 381 g/mol. The highest BCUT2D eigenvalue weighted by Gasteiger charge is 2.16. The third-order valence-electron chi connectivity index (χ3n) is 4.44. The van der Waals surface area contributed by atoms with Gasteiger partial charge in [-0.25, -0.2) is 0 Å². The molecule has 0 aliphatic rings. The second kappa shape index (κ2) is 8.04. The molecule has 0 atom stereocenters. The standard InChI is InChI=1S/C21H23N3O4/c1-13-10-14(6-8-18(13)26-3)17-12-16(23-24(17)2)21(25)22-15-7-9-19(27-4)20(11-15)28-5/h6-12H,1-5H3,(H,22,25). The molecule has 146 valence electrons. The van der Waals surface area contributed by atoms with Gasteiger partial charge in [0.25, 0.3) is 5.91 Å². The Hall–Kier alpha value is -3.48. The minimum absolute atomic E-state index is 0.306. The summed E-state index contributed by atoms with van der Waals surface area (Å²) in [5.41, 5.74) is 3.72. The molecule has 7 nitrogen and oxygen atoms in total. The molecule has 0 spiro atoms. The monoisotopic (exact) mass is 381 g/mol. The first-order valence-corrected chi connectivity index (χ1v) is 8.69. The molecule has 0 saturated carbocycles. The minimum Gasteiger partial charge on any atom is -0.496 e. The van der Waals surface area contributed by atoms with Crippen LogP contribution in [-0.2, 0) is 7.05 Å². The summed E-state index contributed by atoms with van der Waals surface area (Å²) in [7, 11) is 6.56. The van der Waals surface area contributed by atoms with Gasteiger partial charge >= 0.3 is 0 Å². The topological polar surface area (TPSA) is 74.6 Å². The molecule has 2 aromatic carbocycles. The molecule has 1 N–H and O–H groups in total. The fourth-order valence-corrected chi connectivity index (χ4v) is 3.00. The van der Waals surface area contributed by atoms with E-state index in [0.717, 1.165) is 22.6 Å². The number of carbonyl (C=O) groups is 1. The fourth-order valence-electron chi connectivity index (χ4n) is 3.00. The molecule has 0 radical (unpaired) electrons. The van der Waals surface area contributed by atoms with Crippen molar-refractivity contribution in [3.05, 3.63) is 53.7 Å². The van der Waals surface area contributed by atoms with E-state index in [9.17, 15) is 4.79 Å². The predicted octanol–water partition coefficient (Wildman–Crippen LogP) is 3.67. The van der Waals surface area contributed by atoms with Gasteiger partial charge in [-0.05, 0) is 48.9 Å². The van der Waals surface area contributed by atoms with E-state index in [2.05, 4.69) is 10.4 Å². The van der Waals surface area contributed by atoms with Crippen molar-refractivity contribution >= 4 is 11.6 Å². The lowest BCUT2D eigenvalue weighted by atomic mass is 10.1. The van der Waals surface area contributed by atoms with Gasteiger partial charge in [0.05, 0.1) is 27.0 Å². The molecule has 1 amide bonds. The van der Waals surface area contributed by atoms with Crippen LogP contribution in [0.1, 0.15) is 16.1 Å². The van der Waals surface area contributed by atoms with Gasteiger partial charge in [-0.3, -0.25) is 9.48 Å². The number of aromatic nitrogens is 2. The first kappa shape index (κ1) is 19.3. The summed E-state index contributed by atoms with van der Waals surface area (Å²) in [4.78, 5) is 12.7. The molecular formula is C21H23N3O4. The number of carbonyl (C=O) groups excluding carboxylic acids is 1. The van der Waals surface area contributed by atoms with Gasteiger partial charge in [0, 0.05) is 24.4 Å². The summed E-state index contributed by atoms with van der Waals surface area (Å²) in [5, 5.41) is 7.18. The largest absolute Gasteiger partial charge is 0.496 e. The molecule has 0 bridgehead atoms. The Kier molecular flexibility index (Phi) is 5.54. The maximum Gasteiger partial charge on any atom is 0.276 e. The van der Waals surface area contributed by atoms with E-state index in [1.807, 2.05) is 32.2 Å². The molecule has 0 fully saturated rings. The Morgan fingerprint density at radius 2 is 1.61 bits per heavy atom. The van der Waals surface area contributed by atoms with E-state index in [1.165, 1.54) is 0 Å². The Bertz CT molecular complexity index is 1010. The first-order chi connectivity index (χ1) is 13.5. The van der Waals surface area contributed by atoms with Crippen LogP contribution < -0.4 is 19.5 Å². The van der Waals surface area contributed by atoms with Crippen molar-refractivity contribution in [2.45, 2.75) is 6.92 Å².